The Labute approximate surface area is 123 Å². The average molecular weight is 297 g/mol. The number of rotatable bonds is 4. The van der Waals surface area contributed by atoms with Gasteiger partial charge in [0.2, 0.25) is 0 Å². The summed E-state index contributed by atoms with van der Waals surface area (Å²) in [6.07, 6.45) is 0. The van der Waals surface area contributed by atoms with Crippen molar-refractivity contribution < 1.29 is 13.6 Å². The molecule has 0 saturated carbocycles. The Morgan fingerprint density at radius 1 is 1.33 bits per heavy atom. The molecule has 0 radical (unpaired) electrons. The second-order valence-electron chi connectivity index (χ2n) is 5.95. The molecule has 4 nitrogen and oxygen atoms in total. The van der Waals surface area contributed by atoms with Gasteiger partial charge in [-0.1, -0.05) is 0 Å². The van der Waals surface area contributed by atoms with Crippen molar-refractivity contribution in [3.63, 3.8) is 0 Å². The van der Waals surface area contributed by atoms with Crippen molar-refractivity contribution in [1.82, 2.24) is 15.1 Å². The maximum atomic E-state index is 13.2. The third kappa shape index (κ3) is 3.98. The molecule has 1 N–H and O–H groups in total. The van der Waals surface area contributed by atoms with Crippen LogP contribution in [0, 0.1) is 17.6 Å². The Morgan fingerprint density at radius 3 is 2.67 bits per heavy atom. The Kier molecular flexibility index (Phi) is 4.90. The van der Waals surface area contributed by atoms with E-state index in [1.54, 1.807) is 0 Å². The standard InChI is InChI=1S/C15H21F2N3O/c1-19(2)7-11-8-20(3)9-14(11)18-15(21)10-4-5-12(16)13(17)6-10/h4-6,11,14H,7-9H2,1-3H3,(H,18,21)/t11-,14-/m1/s1. The van der Waals surface area contributed by atoms with Crippen molar-refractivity contribution >= 4 is 5.91 Å². The highest BCUT2D eigenvalue weighted by Gasteiger charge is 2.32. The van der Waals surface area contributed by atoms with Crippen molar-refractivity contribution in [2.45, 2.75) is 6.04 Å². The third-order valence-electron chi connectivity index (χ3n) is 3.72. The van der Waals surface area contributed by atoms with Crippen LogP contribution < -0.4 is 5.32 Å². The van der Waals surface area contributed by atoms with Gasteiger partial charge in [-0.15, -0.1) is 0 Å². The Balaban J connectivity index is 2.05. The molecule has 116 valence electrons. The molecule has 0 unspecified atom stereocenters. The Hall–Kier alpha value is -1.53. The number of amides is 1. The van der Waals surface area contributed by atoms with Gasteiger partial charge < -0.3 is 15.1 Å². The lowest BCUT2D eigenvalue weighted by Crippen LogP contribution is -2.43. The van der Waals surface area contributed by atoms with E-state index in [0.29, 0.717) is 5.92 Å². The normalized spacial score (nSPS) is 22.8. The molecule has 2 atom stereocenters. The minimum absolute atomic E-state index is 0.0121. The van der Waals surface area contributed by atoms with Crippen LogP contribution in [-0.4, -0.2) is 62.5 Å². The van der Waals surface area contributed by atoms with E-state index in [2.05, 4.69) is 15.1 Å². The molecule has 0 spiro atoms. The van der Waals surface area contributed by atoms with E-state index in [0.717, 1.165) is 31.8 Å². The zero-order valence-corrected chi connectivity index (χ0v) is 12.6. The number of hydrogen-bond acceptors (Lipinski definition) is 3. The number of hydrogen-bond donors (Lipinski definition) is 1. The zero-order valence-electron chi connectivity index (χ0n) is 12.6. The molecular weight excluding hydrogens is 276 g/mol. The van der Waals surface area contributed by atoms with Gasteiger partial charge in [0, 0.05) is 37.2 Å². The van der Waals surface area contributed by atoms with Gasteiger partial charge in [-0.2, -0.15) is 0 Å². The summed E-state index contributed by atoms with van der Waals surface area (Å²) in [7, 11) is 5.99. The van der Waals surface area contributed by atoms with Gasteiger partial charge >= 0.3 is 0 Å². The lowest BCUT2D eigenvalue weighted by Gasteiger charge is -2.23. The minimum atomic E-state index is -1.00. The van der Waals surface area contributed by atoms with Gasteiger partial charge in [-0.05, 0) is 39.3 Å². The highest BCUT2D eigenvalue weighted by atomic mass is 19.2. The average Bonchev–Trinajstić information content (AvgIpc) is 2.71. The van der Waals surface area contributed by atoms with Crippen molar-refractivity contribution in [2.75, 3.05) is 40.8 Å². The molecule has 6 heteroatoms. The topological polar surface area (TPSA) is 35.6 Å². The molecule has 1 aromatic carbocycles. The minimum Gasteiger partial charge on any atom is -0.348 e. The van der Waals surface area contributed by atoms with Gasteiger partial charge in [0.25, 0.3) is 5.91 Å². The van der Waals surface area contributed by atoms with Crippen LogP contribution in [0.5, 0.6) is 0 Å². The van der Waals surface area contributed by atoms with Gasteiger partial charge in [-0.3, -0.25) is 4.79 Å². The third-order valence-corrected chi connectivity index (χ3v) is 3.72. The number of likely N-dealkylation sites (N-methyl/N-ethyl adjacent to an activating group) is 1. The van der Waals surface area contributed by atoms with E-state index >= 15 is 0 Å². The predicted octanol–water partition coefficient (Wildman–Crippen LogP) is 1.19. The number of carbonyl (C=O) groups excluding carboxylic acids is 1. The van der Waals surface area contributed by atoms with Gasteiger partial charge in [-0.25, -0.2) is 8.78 Å². The SMILES string of the molecule is CN(C)C[C@@H]1CN(C)C[C@H]1NC(=O)c1ccc(F)c(F)c1. The van der Waals surface area contributed by atoms with E-state index in [4.69, 9.17) is 0 Å². The monoisotopic (exact) mass is 297 g/mol. The first-order chi connectivity index (χ1) is 9.86. The summed E-state index contributed by atoms with van der Waals surface area (Å²) in [5, 5.41) is 2.93. The van der Waals surface area contributed by atoms with Crippen molar-refractivity contribution in [2.24, 2.45) is 5.92 Å². The lowest BCUT2D eigenvalue weighted by atomic mass is 10.0. The number of carbonyl (C=O) groups is 1. The predicted molar refractivity (Wildman–Crippen MR) is 77.2 cm³/mol. The summed E-state index contributed by atoms with van der Waals surface area (Å²) >= 11 is 0. The maximum absolute atomic E-state index is 13.2. The van der Waals surface area contributed by atoms with Crippen LogP contribution in [0.25, 0.3) is 0 Å². The fourth-order valence-electron chi connectivity index (χ4n) is 2.79. The number of likely N-dealkylation sites (tertiary alicyclic amines) is 1. The van der Waals surface area contributed by atoms with Crippen LogP contribution in [0.3, 0.4) is 0 Å². The van der Waals surface area contributed by atoms with Crippen LogP contribution >= 0.6 is 0 Å². The molecule has 1 aliphatic rings. The molecule has 1 fully saturated rings. The first-order valence-electron chi connectivity index (χ1n) is 6.96. The Bertz CT molecular complexity index is 522. The van der Waals surface area contributed by atoms with Gasteiger partial charge in [0.15, 0.2) is 11.6 Å². The van der Waals surface area contributed by atoms with E-state index in [9.17, 15) is 13.6 Å². The van der Waals surface area contributed by atoms with Crippen LogP contribution in [0.4, 0.5) is 8.78 Å². The van der Waals surface area contributed by atoms with E-state index < -0.39 is 11.6 Å². The molecular formula is C15H21F2N3O. The van der Waals surface area contributed by atoms with E-state index in [1.807, 2.05) is 21.1 Å². The molecule has 0 aromatic heterocycles. The Morgan fingerprint density at radius 2 is 2.05 bits per heavy atom. The molecule has 21 heavy (non-hydrogen) atoms. The summed E-state index contributed by atoms with van der Waals surface area (Å²) in [4.78, 5) is 16.4. The first-order valence-corrected chi connectivity index (χ1v) is 6.96. The van der Waals surface area contributed by atoms with Gasteiger partial charge in [0.1, 0.15) is 0 Å². The molecule has 0 aliphatic carbocycles. The summed E-state index contributed by atoms with van der Waals surface area (Å²) in [6, 6.07) is 3.22. The summed E-state index contributed by atoms with van der Waals surface area (Å²) in [5.41, 5.74) is 0.145. The smallest absolute Gasteiger partial charge is 0.251 e. The molecule has 1 saturated heterocycles. The molecule has 1 aromatic rings. The van der Waals surface area contributed by atoms with Crippen molar-refractivity contribution in [3.8, 4) is 0 Å². The number of halogens is 2. The van der Waals surface area contributed by atoms with Gasteiger partial charge in [0.05, 0.1) is 0 Å². The summed E-state index contributed by atoms with van der Waals surface area (Å²) < 4.78 is 26.1. The number of nitrogens with one attached hydrogen (secondary N) is 1. The van der Waals surface area contributed by atoms with Crippen molar-refractivity contribution in [3.05, 3.63) is 35.4 Å². The number of nitrogens with zero attached hydrogens (tertiary/aromatic N) is 2. The second-order valence-corrected chi connectivity index (χ2v) is 5.95. The first kappa shape index (κ1) is 15.9. The lowest BCUT2D eigenvalue weighted by molar-refractivity contribution is 0.0926. The summed E-state index contributed by atoms with van der Waals surface area (Å²) in [6.45, 7) is 2.53. The van der Waals surface area contributed by atoms with E-state index in [-0.39, 0.29) is 17.5 Å². The molecule has 1 aliphatic heterocycles. The molecule has 1 heterocycles. The van der Waals surface area contributed by atoms with Crippen LogP contribution in [0.1, 0.15) is 10.4 Å². The highest BCUT2D eigenvalue weighted by Crippen LogP contribution is 2.17. The highest BCUT2D eigenvalue weighted by molar-refractivity contribution is 5.94. The van der Waals surface area contributed by atoms with E-state index in [1.165, 1.54) is 6.07 Å². The quantitative estimate of drug-likeness (QED) is 0.907. The fourth-order valence-corrected chi connectivity index (χ4v) is 2.79. The second kappa shape index (κ2) is 6.49. The van der Waals surface area contributed by atoms with Crippen LogP contribution in [0.15, 0.2) is 18.2 Å². The number of benzene rings is 1. The molecule has 1 amide bonds. The maximum Gasteiger partial charge on any atom is 0.251 e. The zero-order chi connectivity index (χ0) is 15.6. The van der Waals surface area contributed by atoms with Crippen LogP contribution in [0.2, 0.25) is 0 Å². The fraction of sp³-hybridized carbons (Fsp3) is 0.533. The molecule has 0 bridgehead atoms. The molecule has 2 rings (SSSR count). The summed E-state index contributed by atoms with van der Waals surface area (Å²) in [5.74, 6) is -1.99. The van der Waals surface area contributed by atoms with Crippen LogP contribution in [-0.2, 0) is 0 Å². The van der Waals surface area contributed by atoms with Crippen molar-refractivity contribution in [1.29, 1.82) is 0 Å². The largest absolute Gasteiger partial charge is 0.348 e.